The van der Waals surface area contributed by atoms with Crippen LogP contribution in [-0.4, -0.2) is 30.6 Å². The lowest BCUT2D eigenvalue weighted by Gasteiger charge is -2.39. The van der Waals surface area contributed by atoms with E-state index in [0.29, 0.717) is 0 Å². The lowest BCUT2D eigenvalue weighted by Crippen LogP contribution is -2.48. The summed E-state index contributed by atoms with van der Waals surface area (Å²) in [6.45, 7) is 6.96. The molecule has 1 aliphatic rings. The predicted octanol–water partition coefficient (Wildman–Crippen LogP) is 2.24. The van der Waals surface area contributed by atoms with Crippen LogP contribution in [-0.2, 0) is 0 Å². The smallest absolute Gasteiger partial charge is 0.0166 e. The summed E-state index contributed by atoms with van der Waals surface area (Å²) in [5.74, 6) is 0.815. The minimum absolute atomic E-state index is 0.198. The zero-order valence-electron chi connectivity index (χ0n) is 10.1. The molecule has 0 aromatic rings. The van der Waals surface area contributed by atoms with Crippen LogP contribution in [0, 0.1) is 5.92 Å². The topological polar surface area (TPSA) is 29.3 Å². The molecule has 0 heterocycles. The van der Waals surface area contributed by atoms with Gasteiger partial charge < -0.3 is 10.6 Å². The van der Waals surface area contributed by atoms with E-state index in [1.807, 2.05) is 0 Å². The predicted molar refractivity (Wildman–Crippen MR) is 62.3 cm³/mol. The SMILES string of the molecule is CCC(C)CN(C)CCC1(N)CCC1. The van der Waals surface area contributed by atoms with E-state index in [1.54, 1.807) is 0 Å². The Morgan fingerprint density at radius 1 is 1.43 bits per heavy atom. The Morgan fingerprint density at radius 2 is 2.07 bits per heavy atom. The summed E-state index contributed by atoms with van der Waals surface area (Å²) in [4.78, 5) is 2.43. The van der Waals surface area contributed by atoms with Crippen molar-refractivity contribution in [1.82, 2.24) is 4.90 Å². The van der Waals surface area contributed by atoms with Crippen LogP contribution >= 0.6 is 0 Å². The molecule has 0 aliphatic heterocycles. The van der Waals surface area contributed by atoms with Gasteiger partial charge in [-0.2, -0.15) is 0 Å². The van der Waals surface area contributed by atoms with Gasteiger partial charge in [-0.3, -0.25) is 0 Å². The standard InChI is InChI=1S/C12H26N2/c1-4-11(2)10-14(3)9-8-12(13)6-5-7-12/h11H,4-10,13H2,1-3H3. The van der Waals surface area contributed by atoms with Gasteiger partial charge >= 0.3 is 0 Å². The minimum Gasteiger partial charge on any atom is -0.325 e. The van der Waals surface area contributed by atoms with E-state index in [-0.39, 0.29) is 5.54 Å². The molecular weight excluding hydrogens is 172 g/mol. The molecule has 0 bridgehead atoms. The fourth-order valence-corrected chi connectivity index (χ4v) is 2.05. The van der Waals surface area contributed by atoms with Crippen LogP contribution in [0.4, 0.5) is 0 Å². The van der Waals surface area contributed by atoms with E-state index in [9.17, 15) is 0 Å². The third-order valence-corrected chi connectivity index (χ3v) is 3.66. The highest BCUT2D eigenvalue weighted by molar-refractivity contribution is 4.92. The molecule has 0 amide bonds. The van der Waals surface area contributed by atoms with Gasteiger partial charge in [0, 0.05) is 12.1 Å². The van der Waals surface area contributed by atoms with Crippen molar-refractivity contribution in [2.24, 2.45) is 11.7 Å². The third-order valence-electron chi connectivity index (χ3n) is 3.66. The molecule has 1 rings (SSSR count). The molecule has 1 atom stereocenters. The molecule has 84 valence electrons. The average Bonchev–Trinajstić information content (AvgIpc) is 2.11. The molecule has 0 aromatic carbocycles. The van der Waals surface area contributed by atoms with Crippen molar-refractivity contribution in [1.29, 1.82) is 0 Å². The highest BCUT2D eigenvalue weighted by Crippen LogP contribution is 2.32. The van der Waals surface area contributed by atoms with Crippen LogP contribution in [0.2, 0.25) is 0 Å². The molecule has 2 N–H and O–H groups in total. The van der Waals surface area contributed by atoms with Crippen molar-refractivity contribution in [2.45, 2.75) is 51.5 Å². The maximum Gasteiger partial charge on any atom is 0.0166 e. The van der Waals surface area contributed by atoms with Gasteiger partial charge in [0.05, 0.1) is 0 Å². The number of nitrogens with zero attached hydrogens (tertiary/aromatic N) is 1. The summed E-state index contributed by atoms with van der Waals surface area (Å²) in [6, 6.07) is 0. The summed E-state index contributed by atoms with van der Waals surface area (Å²) in [5, 5.41) is 0. The van der Waals surface area contributed by atoms with Crippen molar-refractivity contribution < 1.29 is 0 Å². The Bertz CT molecular complexity index is 164. The molecular formula is C12H26N2. The van der Waals surface area contributed by atoms with E-state index >= 15 is 0 Å². The molecule has 1 saturated carbocycles. The zero-order chi connectivity index (χ0) is 10.6. The maximum atomic E-state index is 6.19. The normalized spacial score (nSPS) is 22.1. The lowest BCUT2D eigenvalue weighted by atomic mass is 9.75. The molecule has 0 saturated heterocycles. The highest BCUT2D eigenvalue weighted by atomic mass is 15.1. The van der Waals surface area contributed by atoms with Gasteiger partial charge in [0.15, 0.2) is 0 Å². The Labute approximate surface area is 88.8 Å². The van der Waals surface area contributed by atoms with Crippen molar-refractivity contribution in [3.63, 3.8) is 0 Å². The molecule has 0 spiro atoms. The van der Waals surface area contributed by atoms with E-state index < -0.39 is 0 Å². The van der Waals surface area contributed by atoms with Gasteiger partial charge in [0.25, 0.3) is 0 Å². The van der Waals surface area contributed by atoms with E-state index in [4.69, 9.17) is 5.73 Å². The average molecular weight is 198 g/mol. The molecule has 2 heteroatoms. The maximum absolute atomic E-state index is 6.19. The Kier molecular flexibility index (Phi) is 4.39. The van der Waals surface area contributed by atoms with Crippen molar-refractivity contribution >= 4 is 0 Å². The first-order valence-electron chi connectivity index (χ1n) is 6.03. The van der Waals surface area contributed by atoms with Gasteiger partial charge in [0.1, 0.15) is 0 Å². The first kappa shape index (κ1) is 12.0. The molecule has 1 unspecified atom stereocenters. The third kappa shape index (κ3) is 3.58. The van der Waals surface area contributed by atoms with Crippen molar-refractivity contribution in [3.8, 4) is 0 Å². The van der Waals surface area contributed by atoms with Crippen LogP contribution in [0.1, 0.15) is 46.0 Å². The molecule has 1 aliphatic carbocycles. The van der Waals surface area contributed by atoms with Crippen LogP contribution < -0.4 is 5.73 Å². The van der Waals surface area contributed by atoms with Crippen LogP contribution in [0.25, 0.3) is 0 Å². The lowest BCUT2D eigenvalue weighted by molar-refractivity contribution is 0.186. The van der Waals surface area contributed by atoms with Crippen molar-refractivity contribution in [2.75, 3.05) is 20.1 Å². The number of rotatable bonds is 6. The first-order valence-corrected chi connectivity index (χ1v) is 6.03. The summed E-state index contributed by atoms with van der Waals surface area (Å²) in [5.41, 5.74) is 6.39. The molecule has 14 heavy (non-hydrogen) atoms. The Hall–Kier alpha value is -0.0800. The van der Waals surface area contributed by atoms with E-state index in [1.165, 1.54) is 45.2 Å². The minimum atomic E-state index is 0.198. The fraction of sp³-hybridized carbons (Fsp3) is 1.00. The van der Waals surface area contributed by atoms with Crippen LogP contribution in [0.5, 0.6) is 0 Å². The van der Waals surface area contributed by atoms with Crippen LogP contribution in [0.3, 0.4) is 0 Å². The number of nitrogens with two attached hydrogens (primary N) is 1. The monoisotopic (exact) mass is 198 g/mol. The largest absolute Gasteiger partial charge is 0.325 e. The Balaban J connectivity index is 2.11. The number of hydrogen-bond acceptors (Lipinski definition) is 2. The van der Waals surface area contributed by atoms with Crippen molar-refractivity contribution in [3.05, 3.63) is 0 Å². The summed E-state index contributed by atoms with van der Waals surface area (Å²) < 4.78 is 0. The van der Waals surface area contributed by atoms with Gasteiger partial charge in [-0.15, -0.1) is 0 Å². The summed E-state index contributed by atoms with van der Waals surface area (Å²) in [6.07, 6.45) is 6.28. The number of hydrogen-bond donors (Lipinski definition) is 1. The second kappa shape index (κ2) is 5.13. The zero-order valence-corrected chi connectivity index (χ0v) is 10.1. The van der Waals surface area contributed by atoms with Gasteiger partial charge in [-0.25, -0.2) is 0 Å². The summed E-state index contributed by atoms with van der Waals surface area (Å²) >= 11 is 0. The first-order chi connectivity index (χ1) is 6.56. The molecule has 0 radical (unpaired) electrons. The quantitative estimate of drug-likeness (QED) is 0.709. The van der Waals surface area contributed by atoms with Gasteiger partial charge in [-0.05, 0) is 45.2 Å². The fourth-order valence-electron chi connectivity index (χ4n) is 2.05. The Morgan fingerprint density at radius 3 is 2.50 bits per heavy atom. The molecule has 1 fully saturated rings. The van der Waals surface area contributed by atoms with E-state index in [2.05, 4.69) is 25.8 Å². The molecule has 0 aromatic heterocycles. The molecule has 2 nitrogen and oxygen atoms in total. The van der Waals surface area contributed by atoms with Gasteiger partial charge in [-0.1, -0.05) is 20.3 Å². The highest BCUT2D eigenvalue weighted by Gasteiger charge is 2.31. The second-order valence-corrected chi connectivity index (χ2v) is 5.24. The van der Waals surface area contributed by atoms with E-state index in [0.717, 1.165) is 5.92 Å². The summed E-state index contributed by atoms with van der Waals surface area (Å²) in [7, 11) is 2.22. The second-order valence-electron chi connectivity index (χ2n) is 5.24. The van der Waals surface area contributed by atoms with Crippen LogP contribution in [0.15, 0.2) is 0 Å². The van der Waals surface area contributed by atoms with Gasteiger partial charge in [0.2, 0.25) is 0 Å².